The number of nitrogens with two attached hydrogens (primary N) is 1. The summed E-state index contributed by atoms with van der Waals surface area (Å²) in [7, 11) is 0. The van der Waals surface area contributed by atoms with Crippen LogP contribution in [0.3, 0.4) is 0 Å². The molecule has 94 valence electrons. The minimum atomic E-state index is -0.405. The average Bonchev–Trinajstić information content (AvgIpc) is 2.47. The number of amides is 1. The smallest absolute Gasteiger partial charge is 0.248 e. The van der Waals surface area contributed by atoms with Crippen LogP contribution < -0.4 is 5.73 Å². The van der Waals surface area contributed by atoms with E-state index in [4.69, 9.17) is 5.73 Å². The number of fused-ring (bicyclic) bond motifs is 1. The molecule has 2 aromatic rings. The molecule has 0 fully saturated rings. The largest absolute Gasteiger partial charge is 0.366 e. The molecule has 0 unspecified atom stereocenters. The summed E-state index contributed by atoms with van der Waals surface area (Å²) in [6.45, 7) is 0.809. The number of nitrogens with zero attached hydrogens (tertiary/aromatic N) is 1. The fourth-order valence-electron chi connectivity index (χ4n) is 2.38. The van der Waals surface area contributed by atoms with Crippen LogP contribution in [-0.4, -0.2) is 18.2 Å². The minimum Gasteiger partial charge on any atom is -0.366 e. The van der Waals surface area contributed by atoms with Crippen molar-refractivity contribution in [2.75, 3.05) is 6.54 Å². The van der Waals surface area contributed by atoms with Gasteiger partial charge in [0.15, 0.2) is 0 Å². The Morgan fingerprint density at radius 1 is 1.05 bits per heavy atom. The van der Waals surface area contributed by atoms with Crippen LogP contribution in [0.25, 0.3) is 0 Å². The third-order valence-corrected chi connectivity index (χ3v) is 3.37. The number of hydrogen-bond acceptors (Lipinski definition) is 2. The predicted octanol–water partition coefficient (Wildman–Crippen LogP) is 2.18. The molecule has 3 nitrogen and oxygen atoms in total. The Kier molecular flexibility index (Phi) is 2.88. The Labute approximate surface area is 111 Å². The van der Waals surface area contributed by atoms with E-state index in [1.807, 2.05) is 18.2 Å². The van der Waals surface area contributed by atoms with Crippen molar-refractivity contribution in [2.24, 2.45) is 10.7 Å². The number of rotatable bonds is 2. The lowest BCUT2D eigenvalue weighted by Crippen LogP contribution is -2.15. The van der Waals surface area contributed by atoms with E-state index in [1.165, 1.54) is 11.1 Å². The molecule has 1 aliphatic heterocycles. The zero-order chi connectivity index (χ0) is 13.2. The molecule has 2 aromatic carbocycles. The van der Waals surface area contributed by atoms with Crippen molar-refractivity contribution >= 4 is 11.6 Å². The SMILES string of the molecule is NC(=O)c1ccc(C2=NCCc3ccccc32)cc1. The molecule has 0 aliphatic carbocycles. The molecular weight excluding hydrogens is 236 g/mol. The summed E-state index contributed by atoms with van der Waals surface area (Å²) >= 11 is 0. The van der Waals surface area contributed by atoms with Gasteiger partial charge in [-0.1, -0.05) is 36.4 Å². The van der Waals surface area contributed by atoms with E-state index in [0.29, 0.717) is 5.56 Å². The molecule has 3 heteroatoms. The highest BCUT2D eigenvalue weighted by molar-refractivity contribution is 6.14. The molecule has 2 N–H and O–H groups in total. The number of hydrogen-bond donors (Lipinski definition) is 1. The third-order valence-electron chi connectivity index (χ3n) is 3.37. The number of carbonyl (C=O) groups is 1. The maximum Gasteiger partial charge on any atom is 0.248 e. The Morgan fingerprint density at radius 2 is 1.79 bits per heavy atom. The summed E-state index contributed by atoms with van der Waals surface area (Å²) in [5, 5.41) is 0. The highest BCUT2D eigenvalue weighted by atomic mass is 16.1. The summed E-state index contributed by atoms with van der Waals surface area (Å²) < 4.78 is 0. The fraction of sp³-hybridized carbons (Fsp3) is 0.125. The summed E-state index contributed by atoms with van der Waals surface area (Å²) in [5.74, 6) is -0.405. The van der Waals surface area contributed by atoms with Crippen LogP contribution in [0.1, 0.15) is 27.0 Å². The van der Waals surface area contributed by atoms with Gasteiger partial charge in [-0.2, -0.15) is 0 Å². The standard InChI is InChI=1S/C16H14N2O/c17-16(19)13-7-5-12(6-8-13)15-14-4-2-1-3-11(14)9-10-18-15/h1-8H,9-10H2,(H2,17,19). The van der Waals surface area contributed by atoms with E-state index >= 15 is 0 Å². The second-order valence-electron chi connectivity index (χ2n) is 4.58. The molecule has 0 aromatic heterocycles. The maximum atomic E-state index is 11.1. The first-order valence-electron chi connectivity index (χ1n) is 6.28. The molecule has 19 heavy (non-hydrogen) atoms. The lowest BCUT2D eigenvalue weighted by Gasteiger charge is -2.17. The van der Waals surface area contributed by atoms with Gasteiger partial charge in [0.1, 0.15) is 0 Å². The first-order valence-corrected chi connectivity index (χ1v) is 6.28. The van der Waals surface area contributed by atoms with Crippen LogP contribution in [-0.2, 0) is 6.42 Å². The second-order valence-corrected chi connectivity index (χ2v) is 4.58. The Morgan fingerprint density at radius 3 is 2.53 bits per heavy atom. The third kappa shape index (κ3) is 2.15. The normalized spacial score (nSPS) is 13.6. The van der Waals surface area contributed by atoms with Crippen LogP contribution in [0.15, 0.2) is 53.5 Å². The van der Waals surface area contributed by atoms with Crippen molar-refractivity contribution in [3.63, 3.8) is 0 Å². The molecule has 0 saturated carbocycles. The molecule has 0 saturated heterocycles. The summed E-state index contributed by atoms with van der Waals surface area (Å²) in [5.41, 5.74) is 10.3. The van der Waals surface area contributed by atoms with Crippen LogP contribution in [0.2, 0.25) is 0 Å². The molecule has 1 amide bonds. The van der Waals surface area contributed by atoms with Crippen molar-refractivity contribution in [3.8, 4) is 0 Å². The summed E-state index contributed by atoms with van der Waals surface area (Å²) in [6.07, 6.45) is 0.985. The van der Waals surface area contributed by atoms with Crippen molar-refractivity contribution in [1.29, 1.82) is 0 Å². The topological polar surface area (TPSA) is 55.5 Å². The highest BCUT2D eigenvalue weighted by Crippen LogP contribution is 2.20. The lowest BCUT2D eigenvalue weighted by atomic mass is 9.93. The molecule has 1 aliphatic rings. The minimum absolute atomic E-state index is 0.405. The fourth-order valence-corrected chi connectivity index (χ4v) is 2.38. The van der Waals surface area contributed by atoms with Gasteiger partial charge in [-0.3, -0.25) is 9.79 Å². The Bertz CT molecular complexity index is 657. The van der Waals surface area contributed by atoms with Crippen molar-refractivity contribution < 1.29 is 4.79 Å². The van der Waals surface area contributed by atoms with Crippen LogP contribution in [0.4, 0.5) is 0 Å². The van der Waals surface area contributed by atoms with E-state index in [0.717, 1.165) is 24.2 Å². The number of benzene rings is 2. The Balaban J connectivity index is 2.03. The average molecular weight is 250 g/mol. The molecule has 0 bridgehead atoms. The first-order chi connectivity index (χ1) is 9.25. The summed E-state index contributed by atoms with van der Waals surface area (Å²) in [6, 6.07) is 15.6. The Hall–Kier alpha value is -2.42. The van der Waals surface area contributed by atoms with Crippen molar-refractivity contribution in [1.82, 2.24) is 0 Å². The van der Waals surface area contributed by atoms with Gasteiger partial charge in [-0.25, -0.2) is 0 Å². The van der Waals surface area contributed by atoms with E-state index in [2.05, 4.69) is 23.2 Å². The summed E-state index contributed by atoms with van der Waals surface area (Å²) in [4.78, 5) is 15.7. The molecule has 1 heterocycles. The highest BCUT2D eigenvalue weighted by Gasteiger charge is 2.15. The van der Waals surface area contributed by atoms with Crippen LogP contribution >= 0.6 is 0 Å². The van der Waals surface area contributed by atoms with Gasteiger partial charge < -0.3 is 5.73 Å². The number of aliphatic imine (C=N–C) groups is 1. The van der Waals surface area contributed by atoms with Gasteiger partial charge >= 0.3 is 0 Å². The van der Waals surface area contributed by atoms with Crippen LogP contribution in [0, 0.1) is 0 Å². The van der Waals surface area contributed by atoms with Gasteiger partial charge in [-0.15, -0.1) is 0 Å². The number of carbonyl (C=O) groups excluding carboxylic acids is 1. The molecule has 0 atom stereocenters. The number of primary amides is 1. The molecule has 0 radical (unpaired) electrons. The maximum absolute atomic E-state index is 11.1. The van der Waals surface area contributed by atoms with Gasteiger partial charge in [0.25, 0.3) is 0 Å². The predicted molar refractivity (Wildman–Crippen MR) is 75.6 cm³/mol. The van der Waals surface area contributed by atoms with Crippen molar-refractivity contribution in [2.45, 2.75) is 6.42 Å². The molecule has 3 rings (SSSR count). The van der Waals surface area contributed by atoms with Gasteiger partial charge in [0.2, 0.25) is 5.91 Å². The second kappa shape index (κ2) is 4.69. The van der Waals surface area contributed by atoms with Gasteiger partial charge in [-0.05, 0) is 24.1 Å². The monoisotopic (exact) mass is 250 g/mol. The van der Waals surface area contributed by atoms with E-state index in [1.54, 1.807) is 12.1 Å². The zero-order valence-electron chi connectivity index (χ0n) is 10.5. The van der Waals surface area contributed by atoms with Crippen molar-refractivity contribution in [3.05, 3.63) is 70.8 Å². The lowest BCUT2D eigenvalue weighted by molar-refractivity contribution is 0.100. The van der Waals surface area contributed by atoms with E-state index in [9.17, 15) is 4.79 Å². The first kappa shape index (κ1) is 11.7. The van der Waals surface area contributed by atoms with E-state index in [-0.39, 0.29) is 0 Å². The van der Waals surface area contributed by atoms with Gasteiger partial charge in [0.05, 0.1) is 5.71 Å². The molecular formula is C16H14N2O. The van der Waals surface area contributed by atoms with Gasteiger partial charge in [0, 0.05) is 23.2 Å². The van der Waals surface area contributed by atoms with Crippen LogP contribution in [0.5, 0.6) is 0 Å². The quantitative estimate of drug-likeness (QED) is 0.872. The van der Waals surface area contributed by atoms with E-state index < -0.39 is 5.91 Å². The molecule has 0 spiro atoms. The zero-order valence-corrected chi connectivity index (χ0v) is 10.5.